The van der Waals surface area contributed by atoms with Gasteiger partial charge in [-0.25, -0.2) is 4.99 Å². The summed E-state index contributed by atoms with van der Waals surface area (Å²) in [6, 6.07) is 0. The number of hydrogen-bond acceptors (Lipinski definition) is 2. The highest BCUT2D eigenvalue weighted by molar-refractivity contribution is 9.12. The van der Waals surface area contributed by atoms with Gasteiger partial charge in [0.05, 0.1) is 4.48 Å². The minimum atomic E-state index is -0.700. The Bertz CT molecular complexity index is 754. The van der Waals surface area contributed by atoms with Crippen molar-refractivity contribution in [2.75, 3.05) is 0 Å². The second-order valence-electron chi connectivity index (χ2n) is 6.16. The predicted molar refractivity (Wildman–Crippen MR) is 119 cm³/mol. The van der Waals surface area contributed by atoms with Crippen LogP contribution in [-0.2, 0) is 9.59 Å². The molecule has 150 valence electrons. The van der Waals surface area contributed by atoms with Crippen LogP contribution >= 0.6 is 15.9 Å². The first-order chi connectivity index (χ1) is 13.4. The van der Waals surface area contributed by atoms with Crippen LogP contribution in [0.5, 0.6) is 0 Å². The molecule has 0 unspecified atom stereocenters. The molecule has 0 atom stereocenters. The molecule has 0 heterocycles. The number of guanidine groups is 1. The lowest BCUT2D eigenvalue weighted by Crippen LogP contribution is -2.34. The number of allylic oxidation sites excluding steroid dienone is 7. The van der Waals surface area contributed by atoms with E-state index in [0.717, 1.165) is 32.1 Å². The molecule has 1 aliphatic carbocycles. The highest BCUT2D eigenvalue weighted by atomic mass is 79.9. The van der Waals surface area contributed by atoms with Crippen molar-refractivity contribution in [1.29, 1.82) is 0 Å². The van der Waals surface area contributed by atoms with Gasteiger partial charge in [0.1, 0.15) is 5.70 Å². The molecule has 0 bridgehead atoms. The molecular formula is C21H27BrN4O2. The van der Waals surface area contributed by atoms with Crippen molar-refractivity contribution in [3.05, 3.63) is 59.3 Å². The Kier molecular flexibility index (Phi) is 10.7. The van der Waals surface area contributed by atoms with Gasteiger partial charge in [-0.2, -0.15) is 4.99 Å². The lowest BCUT2D eigenvalue weighted by atomic mass is 9.88. The third-order valence-electron chi connectivity index (χ3n) is 4.08. The summed E-state index contributed by atoms with van der Waals surface area (Å²) >= 11 is 3.42. The summed E-state index contributed by atoms with van der Waals surface area (Å²) in [5, 5.41) is 2.75. The second-order valence-corrected chi connectivity index (χ2v) is 6.95. The zero-order valence-electron chi connectivity index (χ0n) is 16.2. The molecule has 1 aliphatic rings. The number of hydrogen-bond donors (Lipinski definition) is 2. The van der Waals surface area contributed by atoms with E-state index in [-0.39, 0.29) is 23.5 Å². The Labute approximate surface area is 174 Å². The summed E-state index contributed by atoms with van der Waals surface area (Å²) in [6.45, 7) is 9.02. The topological polar surface area (TPSA) is 96.9 Å². The first-order valence-electron chi connectivity index (χ1n) is 9.14. The average molecular weight is 447 g/mol. The van der Waals surface area contributed by atoms with Crippen LogP contribution < -0.4 is 11.1 Å². The quantitative estimate of drug-likeness (QED) is 0.266. The molecule has 0 spiro atoms. The van der Waals surface area contributed by atoms with Crippen molar-refractivity contribution in [3.8, 4) is 0 Å². The minimum absolute atomic E-state index is 0.0125. The van der Waals surface area contributed by atoms with E-state index in [1.165, 1.54) is 12.3 Å². The number of nitrogens with two attached hydrogens (primary N) is 1. The molecule has 0 aromatic carbocycles. The molecule has 0 aromatic heterocycles. The summed E-state index contributed by atoms with van der Waals surface area (Å²) in [5.41, 5.74) is 6.33. The SMILES string of the molecule is C=C/C=N\C(N)=NC(=O)/C(NC(=O)C1CCCCC1)=C(Br)/C(/C=C\C)=C/C=C. The monoisotopic (exact) mass is 446 g/mol. The normalized spacial score (nSPS) is 17.5. The van der Waals surface area contributed by atoms with Crippen LogP contribution in [0.4, 0.5) is 0 Å². The number of amides is 2. The van der Waals surface area contributed by atoms with Gasteiger partial charge < -0.3 is 11.1 Å². The maximum Gasteiger partial charge on any atom is 0.297 e. The van der Waals surface area contributed by atoms with Crippen LogP contribution in [0.1, 0.15) is 39.0 Å². The number of aliphatic imine (C=N–C) groups is 2. The fourth-order valence-electron chi connectivity index (χ4n) is 2.76. The Balaban J connectivity index is 3.30. The lowest BCUT2D eigenvalue weighted by molar-refractivity contribution is -0.126. The summed E-state index contributed by atoms with van der Waals surface area (Å²) < 4.78 is 0.393. The average Bonchev–Trinajstić information content (AvgIpc) is 2.70. The van der Waals surface area contributed by atoms with E-state index >= 15 is 0 Å². The number of carbonyl (C=O) groups is 2. The van der Waals surface area contributed by atoms with E-state index in [1.54, 1.807) is 18.2 Å². The van der Waals surface area contributed by atoms with Gasteiger partial charge in [-0.15, -0.1) is 0 Å². The molecule has 7 heteroatoms. The second kappa shape index (κ2) is 12.8. The molecule has 0 aromatic rings. The molecule has 2 amide bonds. The van der Waals surface area contributed by atoms with Crippen molar-refractivity contribution >= 4 is 39.9 Å². The maximum absolute atomic E-state index is 12.7. The van der Waals surface area contributed by atoms with Gasteiger partial charge in [0.2, 0.25) is 11.9 Å². The van der Waals surface area contributed by atoms with Gasteiger partial charge in [-0.05, 0) is 41.3 Å². The van der Waals surface area contributed by atoms with Crippen molar-refractivity contribution in [3.63, 3.8) is 0 Å². The van der Waals surface area contributed by atoms with Crippen LogP contribution in [-0.4, -0.2) is 24.0 Å². The van der Waals surface area contributed by atoms with Gasteiger partial charge in [0.25, 0.3) is 5.91 Å². The Morgan fingerprint density at radius 2 is 1.86 bits per heavy atom. The third kappa shape index (κ3) is 7.60. The highest BCUT2D eigenvalue weighted by Gasteiger charge is 2.25. The summed E-state index contributed by atoms with van der Waals surface area (Å²) in [6.07, 6.45) is 14.4. The van der Waals surface area contributed by atoms with Crippen molar-refractivity contribution in [2.45, 2.75) is 39.0 Å². The molecule has 28 heavy (non-hydrogen) atoms. The van der Waals surface area contributed by atoms with Crippen molar-refractivity contribution in [2.24, 2.45) is 21.6 Å². The van der Waals surface area contributed by atoms with E-state index in [4.69, 9.17) is 5.73 Å². The van der Waals surface area contributed by atoms with E-state index < -0.39 is 5.91 Å². The Morgan fingerprint density at radius 1 is 1.18 bits per heavy atom. The third-order valence-corrected chi connectivity index (χ3v) is 4.94. The van der Waals surface area contributed by atoms with E-state index in [9.17, 15) is 9.59 Å². The molecule has 1 saturated carbocycles. The zero-order valence-corrected chi connectivity index (χ0v) is 17.7. The van der Waals surface area contributed by atoms with Gasteiger partial charge in [0, 0.05) is 12.1 Å². The molecule has 0 saturated heterocycles. The fourth-order valence-corrected chi connectivity index (χ4v) is 3.30. The first kappa shape index (κ1) is 23.5. The maximum atomic E-state index is 12.7. The highest BCUT2D eigenvalue weighted by Crippen LogP contribution is 2.26. The molecule has 1 rings (SSSR count). The fraction of sp³-hybridized carbons (Fsp3) is 0.333. The Morgan fingerprint density at radius 3 is 2.43 bits per heavy atom. The van der Waals surface area contributed by atoms with E-state index in [1.807, 2.05) is 13.0 Å². The number of rotatable bonds is 7. The van der Waals surface area contributed by atoms with Crippen LogP contribution in [0.15, 0.2) is 69.3 Å². The van der Waals surface area contributed by atoms with Gasteiger partial charge in [-0.3, -0.25) is 9.59 Å². The van der Waals surface area contributed by atoms with E-state index in [2.05, 4.69) is 44.4 Å². The van der Waals surface area contributed by atoms with Crippen LogP contribution in [0.2, 0.25) is 0 Å². The Hall–Kier alpha value is -2.54. The smallest absolute Gasteiger partial charge is 0.297 e. The van der Waals surface area contributed by atoms with Crippen LogP contribution in [0, 0.1) is 5.92 Å². The molecular weight excluding hydrogens is 420 g/mol. The number of nitrogens with one attached hydrogen (secondary N) is 1. The standard InChI is InChI=1S/C21H27BrN4O2/c1-4-10-15(11-5-2)17(22)18(20(28)26-21(23)24-14-6-3)25-19(27)16-12-8-7-9-13-16/h4-6,10-11,14,16H,1,3,7-9,12-13H2,2H3,(H,25,27)(H2,23,26,28)/b11-5-,15-10+,18-17+,24-14-. The van der Waals surface area contributed by atoms with Gasteiger partial charge >= 0.3 is 0 Å². The largest absolute Gasteiger partial charge is 0.368 e. The van der Waals surface area contributed by atoms with Crippen molar-refractivity contribution < 1.29 is 9.59 Å². The molecule has 0 aliphatic heterocycles. The summed E-state index contributed by atoms with van der Waals surface area (Å²) in [4.78, 5) is 33.0. The first-order valence-corrected chi connectivity index (χ1v) is 9.93. The predicted octanol–water partition coefficient (Wildman–Crippen LogP) is 4.08. The van der Waals surface area contributed by atoms with Crippen LogP contribution in [0.25, 0.3) is 0 Å². The van der Waals surface area contributed by atoms with E-state index in [0.29, 0.717) is 10.1 Å². The zero-order chi connectivity index (χ0) is 20.9. The number of nitrogens with zero attached hydrogens (tertiary/aromatic N) is 2. The molecule has 0 radical (unpaired) electrons. The van der Waals surface area contributed by atoms with Gasteiger partial charge in [0.15, 0.2) is 0 Å². The lowest BCUT2D eigenvalue weighted by Gasteiger charge is -2.21. The number of carbonyl (C=O) groups excluding carboxylic acids is 2. The molecule has 3 N–H and O–H groups in total. The van der Waals surface area contributed by atoms with Gasteiger partial charge in [-0.1, -0.05) is 62.8 Å². The molecule has 1 fully saturated rings. The molecule has 6 nitrogen and oxygen atoms in total. The van der Waals surface area contributed by atoms with Crippen molar-refractivity contribution in [1.82, 2.24) is 5.32 Å². The summed E-state index contributed by atoms with van der Waals surface area (Å²) in [5.74, 6) is -1.24. The van der Waals surface area contributed by atoms with Crippen LogP contribution in [0.3, 0.4) is 0 Å². The number of halogens is 1. The minimum Gasteiger partial charge on any atom is -0.368 e. The summed E-state index contributed by atoms with van der Waals surface area (Å²) in [7, 11) is 0.